The van der Waals surface area contributed by atoms with Gasteiger partial charge in [-0.25, -0.2) is 0 Å². The summed E-state index contributed by atoms with van der Waals surface area (Å²) in [7, 11) is 2.23. The first-order valence-electron chi connectivity index (χ1n) is 9.43. The highest BCUT2D eigenvalue weighted by molar-refractivity contribution is 6.30. The summed E-state index contributed by atoms with van der Waals surface area (Å²) in [4.78, 5) is 11.6. The van der Waals surface area contributed by atoms with E-state index in [1.54, 1.807) is 6.20 Å². The van der Waals surface area contributed by atoms with Crippen LogP contribution in [0.2, 0.25) is 5.02 Å². The molecule has 27 heavy (non-hydrogen) atoms. The summed E-state index contributed by atoms with van der Waals surface area (Å²) in [6.45, 7) is 0. The first-order valence-corrected chi connectivity index (χ1v) is 9.81. The highest BCUT2D eigenvalue weighted by Gasteiger charge is 2.48. The molecule has 138 valence electrons. The molecule has 3 aromatic rings. The molecule has 0 unspecified atom stereocenters. The van der Waals surface area contributed by atoms with Crippen LogP contribution in [0.25, 0.3) is 11.5 Å². The fourth-order valence-corrected chi connectivity index (χ4v) is 4.95. The molecule has 2 aliphatic heterocycles. The summed E-state index contributed by atoms with van der Waals surface area (Å²) in [6, 6.07) is 15.0. The molecule has 2 saturated heterocycles. The van der Waals surface area contributed by atoms with Gasteiger partial charge in [0.2, 0.25) is 11.7 Å². The van der Waals surface area contributed by atoms with Crippen LogP contribution in [-0.2, 0) is 0 Å². The van der Waals surface area contributed by atoms with Crippen molar-refractivity contribution in [2.24, 2.45) is 0 Å². The molecule has 0 amide bonds. The number of hydrogen-bond donors (Lipinski definition) is 0. The zero-order chi connectivity index (χ0) is 18.4. The lowest BCUT2D eigenvalue weighted by atomic mass is 9.76. The van der Waals surface area contributed by atoms with E-state index in [0.717, 1.165) is 23.6 Å². The molecule has 2 fully saturated rings. The maximum absolute atomic E-state index is 6.11. The third-order valence-corrected chi connectivity index (χ3v) is 6.44. The van der Waals surface area contributed by atoms with Gasteiger partial charge >= 0.3 is 0 Å². The minimum atomic E-state index is 0.180. The monoisotopic (exact) mass is 380 g/mol. The molecule has 1 aromatic carbocycles. The molecule has 2 bridgehead atoms. The second kappa shape index (κ2) is 6.73. The van der Waals surface area contributed by atoms with Crippen molar-refractivity contribution in [1.29, 1.82) is 0 Å². The van der Waals surface area contributed by atoms with Crippen LogP contribution < -0.4 is 0 Å². The molecule has 4 heterocycles. The Morgan fingerprint density at radius 2 is 1.96 bits per heavy atom. The average Bonchev–Trinajstić information content (AvgIpc) is 3.26. The summed E-state index contributed by atoms with van der Waals surface area (Å²) >= 11 is 6.11. The van der Waals surface area contributed by atoms with Gasteiger partial charge < -0.3 is 4.52 Å². The predicted molar refractivity (Wildman–Crippen MR) is 104 cm³/mol. The van der Waals surface area contributed by atoms with Gasteiger partial charge in [-0.15, -0.1) is 0 Å². The lowest BCUT2D eigenvalue weighted by Gasteiger charge is -2.41. The van der Waals surface area contributed by atoms with E-state index in [-0.39, 0.29) is 5.92 Å². The van der Waals surface area contributed by atoms with Crippen molar-refractivity contribution in [1.82, 2.24) is 20.0 Å². The quantitative estimate of drug-likeness (QED) is 0.668. The van der Waals surface area contributed by atoms with Gasteiger partial charge in [-0.3, -0.25) is 9.88 Å². The smallest absolute Gasteiger partial charge is 0.232 e. The van der Waals surface area contributed by atoms with E-state index in [1.165, 1.54) is 12.0 Å². The molecule has 2 aliphatic rings. The van der Waals surface area contributed by atoms with Crippen LogP contribution in [0.3, 0.4) is 0 Å². The first kappa shape index (κ1) is 16.9. The molecule has 6 heteroatoms. The topological polar surface area (TPSA) is 55.1 Å². The Kier molecular flexibility index (Phi) is 4.21. The summed E-state index contributed by atoms with van der Waals surface area (Å²) in [5.41, 5.74) is 2.04. The van der Waals surface area contributed by atoms with Crippen LogP contribution in [0.4, 0.5) is 0 Å². The Hall–Kier alpha value is -2.24. The zero-order valence-electron chi connectivity index (χ0n) is 15.1. The number of likely N-dealkylation sites (N-methyl/N-ethyl adjacent to an activating group) is 1. The summed E-state index contributed by atoms with van der Waals surface area (Å²) < 4.78 is 5.78. The van der Waals surface area contributed by atoms with Crippen LogP contribution in [-0.4, -0.2) is 39.2 Å². The fourth-order valence-electron chi connectivity index (χ4n) is 4.83. The van der Waals surface area contributed by atoms with Gasteiger partial charge in [0, 0.05) is 23.3 Å². The lowest BCUT2D eigenvalue weighted by Crippen LogP contribution is -2.44. The number of rotatable bonds is 3. The number of pyridine rings is 1. The first-order chi connectivity index (χ1) is 13.2. The van der Waals surface area contributed by atoms with Gasteiger partial charge in [0.25, 0.3) is 0 Å². The summed E-state index contributed by atoms with van der Waals surface area (Å²) in [5.74, 6) is 1.81. The largest absolute Gasteiger partial charge is 0.339 e. The van der Waals surface area contributed by atoms with Crippen molar-refractivity contribution in [3.05, 3.63) is 65.1 Å². The SMILES string of the molecule is CN1[C@@H]2CC[C@@H]1[C@H](c1nc(-c3ccccn3)no1)[C@H](c1ccc(Cl)cc1)C2. The predicted octanol–water partition coefficient (Wildman–Crippen LogP) is 4.52. The van der Waals surface area contributed by atoms with Gasteiger partial charge in [-0.1, -0.05) is 35.0 Å². The zero-order valence-corrected chi connectivity index (χ0v) is 15.9. The number of nitrogens with zero attached hydrogens (tertiary/aromatic N) is 4. The highest BCUT2D eigenvalue weighted by atomic mass is 35.5. The Labute approximate surface area is 163 Å². The Morgan fingerprint density at radius 1 is 1.11 bits per heavy atom. The third kappa shape index (κ3) is 2.95. The van der Waals surface area contributed by atoms with E-state index < -0.39 is 0 Å². The van der Waals surface area contributed by atoms with Crippen molar-refractivity contribution >= 4 is 11.6 Å². The van der Waals surface area contributed by atoms with Gasteiger partial charge in [0.1, 0.15) is 5.69 Å². The van der Waals surface area contributed by atoms with Crippen molar-refractivity contribution in [3.63, 3.8) is 0 Å². The van der Waals surface area contributed by atoms with E-state index in [4.69, 9.17) is 21.1 Å². The standard InChI is InChI=1S/C21H21ClN4O/c1-26-15-9-10-18(26)19(16(12-15)13-5-7-14(22)8-6-13)21-24-20(25-27-21)17-4-2-3-11-23-17/h2-8,11,15-16,18-19H,9-10,12H2,1H3/t15-,16+,18-,19-/m1/s1. The van der Waals surface area contributed by atoms with Crippen molar-refractivity contribution < 1.29 is 4.52 Å². The highest BCUT2D eigenvalue weighted by Crippen LogP contribution is 2.50. The molecule has 0 aliphatic carbocycles. The summed E-state index contributed by atoms with van der Waals surface area (Å²) in [6.07, 6.45) is 5.23. The third-order valence-electron chi connectivity index (χ3n) is 6.19. The average molecular weight is 381 g/mol. The van der Waals surface area contributed by atoms with Crippen molar-refractivity contribution in [2.75, 3.05) is 7.05 Å². The molecule has 0 radical (unpaired) electrons. The normalized spacial score (nSPS) is 27.8. The number of hydrogen-bond acceptors (Lipinski definition) is 5. The number of fused-ring (bicyclic) bond motifs is 2. The Morgan fingerprint density at radius 3 is 2.74 bits per heavy atom. The molecule has 4 atom stereocenters. The van der Waals surface area contributed by atoms with E-state index in [1.807, 2.05) is 30.3 Å². The van der Waals surface area contributed by atoms with Gasteiger partial charge in [0.05, 0.1) is 5.92 Å². The maximum Gasteiger partial charge on any atom is 0.232 e. The molecular formula is C21H21ClN4O. The molecule has 5 rings (SSSR count). The van der Waals surface area contributed by atoms with Crippen LogP contribution in [0.5, 0.6) is 0 Å². The molecule has 5 nitrogen and oxygen atoms in total. The number of piperidine rings is 1. The van der Waals surface area contributed by atoms with Gasteiger partial charge in [0.15, 0.2) is 0 Å². The number of aromatic nitrogens is 3. The Bertz CT molecular complexity index is 927. The second-order valence-electron chi connectivity index (χ2n) is 7.55. The van der Waals surface area contributed by atoms with Crippen molar-refractivity contribution in [3.8, 4) is 11.5 Å². The van der Waals surface area contributed by atoms with Gasteiger partial charge in [-0.05, 0) is 62.1 Å². The van der Waals surface area contributed by atoms with E-state index in [0.29, 0.717) is 29.7 Å². The molecule has 0 saturated carbocycles. The molecule has 0 spiro atoms. The number of benzene rings is 1. The lowest BCUT2D eigenvalue weighted by molar-refractivity contribution is 0.120. The van der Waals surface area contributed by atoms with Crippen LogP contribution in [0.15, 0.2) is 53.2 Å². The molecule has 2 aromatic heterocycles. The summed E-state index contributed by atoms with van der Waals surface area (Å²) in [5, 5.41) is 4.99. The van der Waals surface area contributed by atoms with Crippen molar-refractivity contribution in [2.45, 2.75) is 43.2 Å². The molecule has 0 N–H and O–H groups in total. The van der Waals surface area contributed by atoms with E-state index in [2.05, 4.69) is 34.2 Å². The maximum atomic E-state index is 6.11. The fraction of sp³-hybridized carbons (Fsp3) is 0.381. The van der Waals surface area contributed by atoms with E-state index in [9.17, 15) is 0 Å². The van der Waals surface area contributed by atoms with Crippen LogP contribution >= 0.6 is 11.6 Å². The minimum Gasteiger partial charge on any atom is -0.339 e. The molecular weight excluding hydrogens is 360 g/mol. The second-order valence-corrected chi connectivity index (χ2v) is 7.99. The van der Waals surface area contributed by atoms with Crippen LogP contribution in [0, 0.1) is 0 Å². The van der Waals surface area contributed by atoms with E-state index >= 15 is 0 Å². The van der Waals surface area contributed by atoms with Crippen LogP contribution in [0.1, 0.15) is 42.6 Å². The minimum absolute atomic E-state index is 0.180. The van der Waals surface area contributed by atoms with Gasteiger partial charge in [-0.2, -0.15) is 4.98 Å². The Balaban J connectivity index is 1.54. The number of halogens is 1.